The van der Waals surface area contributed by atoms with Gasteiger partial charge in [0, 0.05) is 24.6 Å². The van der Waals surface area contributed by atoms with E-state index in [0.29, 0.717) is 46.2 Å². The lowest BCUT2D eigenvalue weighted by Gasteiger charge is -2.26. The van der Waals surface area contributed by atoms with Crippen molar-refractivity contribution in [1.29, 1.82) is 0 Å². The third-order valence-electron chi connectivity index (χ3n) is 6.18. The summed E-state index contributed by atoms with van der Waals surface area (Å²) in [6.45, 7) is 0.814. The maximum Gasteiger partial charge on any atom is 0.336 e. The van der Waals surface area contributed by atoms with Crippen molar-refractivity contribution in [2.75, 3.05) is 25.2 Å². The highest BCUT2D eigenvalue weighted by molar-refractivity contribution is 7.80. The first-order valence-electron chi connectivity index (χ1n) is 11.8. The van der Waals surface area contributed by atoms with Crippen molar-refractivity contribution >= 4 is 40.6 Å². The number of ether oxygens (including phenoxy) is 2. The molecule has 38 heavy (non-hydrogen) atoms. The summed E-state index contributed by atoms with van der Waals surface area (Å²) in [5.41, 5.74) is 2.15. The van der Waals surface area contributed by atoms with E-state index in [9.17, 15) is 9.90 Å². The van der Waals surface area contributed by atoms with Gasteiger partial charge in [0.15, 0.2) is 5.11 Å². The molecular formula is C28H24ClN3O5S. The summed E-state index contributed by atoms with van der Waals surface area (Å²) in [6.07, 6.45) is 1.72. The average molecular weight is 550 g/mol. The highest BCUT2D eigenvalue weighted by atomic mass is 35.5. The monoisotopic (exact) mass is 549 g/mol. The minimum Gasteiger partial charge on any atom is -0.490 e. The summed E-state index contributed by atoms with van der Waals surface area (Å²) in [4.78, 5) is 18.3. The number of thiocarbonyl (C=S) groups is 1. The highest BCUT2D eigenvalue weighted by Crippen LogP contribution is 2.44. The maximum atomic E-state index is 11.8. The first-order chi connectivity index (χ1) is 18.5. The van der Waals surface area contributed by atoms with Crippen LogP contribution in [0.3, 0.4) is 0 Å². The van der Waals surface area contributed by atoms with E-state index in [-0.39, 0.29) is 11.6 Å². The number of hydrogen-bond donors (Lipinski definition) is 2. The van der Waals surface area contributed by atoms with Crippen molar-refractivity contribution in [3.63, 3.8) is 0 Å². The molecule has 2 aromatic heterocycles. The van der Waals surface area contributed by atoms with Gasteiger partial charge in [-0.05, 0) is 60.7 Å². The molecule has 0 spiro atoms. The molecule has 8 nitrogen and oxygen atoms in total. The number of nitrogens with zero attached hydrogens (tertiary/aromatic N) is 2. The Balaban J connectivity index is 1.55. The van der Waals surface area contributed by atoms with Gasteiger partial charge >= 0.3 is 5.97 Å². The van der Waals surface area contributed by atoms with E-state index in [4.69, 9.17) is 37.7 Å². The summed E-state index contributed by atoms with van der Waals surface area (Å²) in [5.74, 6) is 0.529. The van der Waals surface area contributed by atoms with Crippen LogP contribution in [0.2, 0.25) is 5.02 Å². The number of aromatic carboxylic acids is 1. The summed E-state index contributed by atoms with van der Waals surface area (Å²) in [5, 5.41) is 13.9. The van der Waals surface area contributed by atoms with Crippen LogP contribution in [0.4, 0.5) is 5.69 Å². The van der Waals surface area contributed by atoms with Gasteiger partial charge in [-0.1, -0.05) is 35.9 Å². The molecule has 1 aliphatic heterocycles. The number of halogens is 1. The zero-order valence-corrected chi connectivity index (χ0v) is 21.9. The fourth-order valence-electron chi connectivity index (χ4n) is 4.45. The van der Waals surface area contributed by atoms with E-state index in [2.05, 4.69) is 10.3 Å². The van der Waals surface area contributed by atoms with Crippen LogP contribution < -0.4 is 15.0 Å². The Labute approximate surface area is 229 Å². The maximum absolute atomic E-state index is 11.8. The number of carboxylic acids is 1. The predicted octanol–water partition coefficient (Wildman–Crippen LogP) is 5.90. The number of rotatable bonds is 9. The van der Waals surface area contributed by atoms with E-state index < -0.39 is 12.0 Å². The molecule has 3 heterocycles. The standard InChI is InChI=1S/C28H24ClN3O5S/c1-35-14-15-36-23-10-9-17(16-20(23)29)32-26(25(31-28(32)38)21-8-4-5-13-30-21)24-12-11-22(37-24)18-6-2-3-7-19(18)27(33)34/h2-13,16,25-26H,14-15H2,1H3,(H,31,38)(H,33,34)/t25-,26+/m0/s1. The summed E-state index contributed by atoms with van der Waals surface area (Å²) in [6, 6.07) is 20.7. The number of pyridine rings is 1. The molecule has 2 atom stereocenters. The molecule has 1 saturated heterocycles. The molecule has 2 N–H and O–H groups in total. The van der Waals surface area contributed by atoms with Gasteiger partial charge in [0.2, 0.25) is 0 Å². The fraction of sp³-hybridized carbons (Fsp3) is 0.179. The lowest BCUT2D eigenvalue weighted by atomic mass is 10.0. The van der Waals surface area contributed by atoms with Crippen molar-refractivity contribution in [3.05, 3.63) is 101 Å². The Morgan fingerprint density at radius 2 is 1.95 bits per heavy atom. The van der Waals surface area contributed by atoms with Crippen molar-refractivity contribution in [3.8, 4) is 17.1 Å². The first-order valence-corrected chi connectivity index (χ1v) is 12.6. The molecule has 4 aromatic rings. The number of furan rings is 1. The topological polar surface area (TPSA) is 97.1 Å². The number of benzene rings is 2. The first kappa shape index (κ1) is 25.7. The summed E-state index contributed by atoms with van der Waals surface area (Å²) in [7, 11) is 1.61. The van der Waals surface area contributed by atoms with Gasteiger partial charge in [0.05, 0.1) is 28.9 Å². The van der Waals surface area contributed by atoms with Crippen LogP contribution in [0, 0.1) is 0 Å². The van der Waals surface area contributed by atoms with Crippen molar-refractivity contribution in [1.82, 2.24) is 10.3 Å². The van der Waals surface area contributed by atoms with Crippen molar-refractivity contribution in [2.45, 2.75) is 12.1 Å². The van der Waals surface area contributed by atoms with Gasteiger partial charge in [0.25, 0.3) is 0 Å². The number of carbonyl (C=O) groups is 1. The quantitative estimate of drug-likeness (QED) is 0.195. The van der Waals surface area contributed by atoms with Gasteiger partial charge < -0.3 is 29.2 Å². The molecule has 0 aliphatic carbocycles. The molecule has 1 aliphatic rings. The van der Waals surface area contributed by atoms with E-state index in [0.717, 1.165) is 11.4 Å². The third-order valence-corrected chi connectivity index (χ3v) is 6.79. The Kier molecular flexibility index (Phi) is 7.59. The van der Waals surface area contributed by atoms with Gasteiger partial charge in [-0.15, -0.1) is 0 Å². The van der Waals surface area contributed by atoms with Crippen LogP contribution >= 0.6 is 23.8 Å². The molecule has 5 rings (SSSR count). The second-order valence-corrected chi connectivity index (χ2v) is 9.30. The van der Waals surface area contributed by atoms with Gasteiger partial charge in [-0.2, -0.15) is 0 Å². The number of aromatic nitrogens is 1. The third kappa shape index (κ3) is 5.08. The minimum atomic E-state index is -1.03. The van der Waals surface area contributed by atoms with Crippen LogP contribution in [0.25, 0.3) is 11.3 Å². The molecule has 10 heteroatoms. The number of carboxylic acid groups (broad SMARTS) is 1. The zero-order chi connectivity index (χ0) is 26.6. The zero-order valence-electron chi connectivity index (χ0n) is 20.3. The Bertz CT molecular complexity index is 1460. The van der Waals surface area contributed by atoms with Crippen LogP contribution in [-0.4, -0.2) is 41.5 Å². The van der Waals surface area contributed by atoms with Gasteiger partial charge in [-0.3, -0.25) is 4.98 Å². The second-order valence-electron chi connectivity index (χ2n) is 8.51. The molecule has 0 amide bonds. The smallest absolute Gasteiger partial charge is 0.336 e. The Morgan fingerprint density at radius 3 is 2.68 bits per heavy atom. The van der Waals surface area contributed by atoms with Gasteiger partial charge in [0.1, 0.15) is 29.9 Å². The largest absolute Gasteiger partial charge is 0.490 e. The fourth-order valence-corrected chi connectivity index (χ4v) is 5.03. The van der Waals surface area contributed by atoms with E-state index in [1.54, 1.807) is 55.8 Å². The molecule has 0 bridgehead atoms. The number of anilines is 1. The average Bonchev–Trinajstić information content (AvgIpc) is 3.55. The molecule has 2 aromatic carbocycles. The van der Waals surface area contributed by atoms with Crippen LogP contribution in [0.15, 0.2) is 83.4 Å². The molecular weight excluding hydrogens is 526 g/mol. The van der Waals surface area contributed by atoms with Gasteiger partial charge in [-0.25, -0.2) is 4.79 Å². The lowest BCUT2D eigenvalue weighted by Crippen LogP contribution is -2.29. The van der Waals surface area contributed by atoms with Crippen LogP contribution in [0.1, 0.15) is 33.9 Å². The van der Waals surface area contributed by atoms with Crippen LogP contribution in [0.5, 0.6) is 5.75 Å². The van der Waals surface area contributed by atoms with Crippen molar-refractivity contribution < 1.29 is 23.8 Å². The molecule has 0 radical (unpaired) electrons. The second kappa shape index (κ2) is 11.2. The molecule has 0 saturated carbocycles. The van der Waals surface area contributed by atoms with Crippen LogP contribution in [-0.2, 0) is 4.74 Å². The molecule has 0 unspecified atom stereocenters. The minimum absolute atomic E-state index is 0.155. The number of hydrogen-bond acceptors (Lipinski definition) is 6. The summed E-state index contributed by atoms with van der Waals surface area (Å²) < 4.78 is 17.1. The molecule has 1 fully saturated rings. The summed E-state index contributed by atoms with van der Waals surface area (Å²) >= 11 is 12.3. The molecule has 194 valence electrons. The Morgan fingerprint density at radius 1 is 1.13 bits per heavy atom. The van der Waals surface area contributed by atoms with Crippen molar-refractivity contribution in [2.24, 2.45) is 0 Å². The predicted molar refractivity (Wildman–Crippen MR) is 148 cm³/mol. The van der Waals surface area contributed by atoms with E-state index >= 15 is 0 Å². The van der Waals surface area contributed by atoms with E-state index in [1.807, 2.05) is 35.2 Å². The number of nitrogens with one attached hydrogen (secondary N) is 1. The van der Waals surface area contributed by atoms with E-state index in [1.165, 1.54) is 0 Å². The SMILES string of the molecule is COCCOc1ccc(N2C(=S)N[C@@H](c3ccccn3)[C@H]2c2ccc(-c3ccccc3C(=O)O)o2)cc1Cl. The normalized spacial score (nSPS) is 16.9. The lowest BCUT2D eigenvalue weighted by molar-refractivity contribution is 0.0697. The number of methoxy groups -OCH3 is 1. The Hall–Kier alpha value is -3.92. The highest BCUT2D eigenvalue weighted by Gasteiger charge is 2.42.